The molecule has 0 aliphatic heterocycles. The van der Waals surface area contributed by atoms with Crippen molar-refractivity contribution < 1.29 is 14.6 Å². The largest absolute Gasteiger partial charge is 0.496 e. The molecule has 1 saturated carbocycles. The fraction of sp³-hybridized carbons (Fsp3) is 0.571. The highest BCUT2D eigenvalue weighted by Crippen LogP contribution is 2.55. The summed E-state index contributed by atoms with van der Waals surface area (Å²) in [4.78, 5) is 0. The summed E-state index contributed by atoms with van der Waals surface area (Å²) >= 11 is 0. The van der Waals surface area contributed by atoms with Crippen molar-refractivity contribution in [2.24, 2.45) is 0 Å². The van der Waals surface area contributed by atoms with Gasteiger partial charge in [-0.25, -0.2) is 0 Å². The van der Waals surface area contributed by atoms with E-state index in [9.17, 15) is 5.11 Å². The second-order valence-corrected chi connectivity index (χ2v) is 4.98. The third kappa shape index (κ3) is 1.45. The van der Waals surface area contributed by atoms with E-state index < -0.39 is 0 Å². The van der Waals surface area contributed by atoms with Crippen LogP contribution in [0.2, 0.25) is 0 Å². The van der Waals surface area contributed by atoms with Gasteiger partial charge in [-0.05, 0) is 37.3 Å². The molecule has 0 heterocycles. The van der Waals surface area contributed by atoms with Gasteiger partial charge in [0.1, 0.15) is 11.5 Å². The molecule has 1 aromatic carbocycles. The zero-order valence-corrected chi connectivity index (χ0v) is 10.3. The van der Waals surface area contributed by atoms with Crippen molar-refractivity contribution in [3.63, 3.8) is 0 Å². The molecule has 0 spiro atoms. The Labute approximate surface area is 101 Å². The minimum atomic E-state index is -0.220. The standard InChI is InChI=1S/C14H18O3/c1-16-11-5-6-12(17-2)14-9-4-3-8(13(11)14)7-10(9)15/h5-6,8-10,15H,3-4,7H2,1-2H3. The smallest absolute Gasteiger partial charge is 0.122 e. The maximum Gasteiger partial charge on any atom is 0.122 e. The Morgan fingerprint density at radius 1 is 1.06 bits per heavy atom. The fourth-order valence-corrected chi connectivity index (χ4v) is 3.50. The lowest BCUT2D eigenvalue weighted by molar-refractivity contribution is 0.0809. The van der Waals surface area contributed by atoms with Crippen LogP contribution >= 0.6 is 0 Å². The van der Waals surface area contributed by atoms with Crippen LogP contribution in [0.3, 0.4) is 0 Å². The van der Waals surface area contributed by atoms with E-state index in [0.717, 1.165) is 30.8 Å². The van der Waals surface area contributed by atoms with Gasteiger partial charge in [-0.3, -0.25) is 0 Å². The average molecular weight is 234 g/mol. The van der Waals surface area contributed by atoms with Crippen LogP contribution in [-0.4, -0.2) is 25.4 Å². The Morgan fingerprint density at radius 2 is 1.71 bits per heavy atom. The highest BCUT2D eigenvalue weighted by Gasteiger charge is 2.42. The summed E-state index contributed by atoms with van der Waals surface area (Å²) in [5.41, 5.74) is 2.45. The van der Waals surface area contributed by atoms with E-state index in [1.165, 1.54) is 11.1 Å². The van der Waals surface area contributed by atoms with Gasteiger partial charge in [-0.2, -0.15) is 0 Å². The summed E-state index contributed by atoms with van der Waals surface area (Å²) in [7, 11) is 3.40. The van der Waals surface area contributed by atoms with Crippen molar-refractivity contribution in [1.29, 1.82) is 0 Å². The van der Waals surface area contributed by atoms with Crippen LogP contribution < -0.4 is 9.47 Å². The fourth-order valence-electron chi connectivity index (χ4n) is 3.50. The first-order chi connectivity index (χ1) is 8.26. The van der Waals surface area contributed by atoms with Crippen LogP contribution in [0.4, 0.5) is 0 Å². The maximum absolute atomic E-state index is 10.1. The number of ether oxygens (including phenoxy) is 2. The SMILES string of the molecule is COc1ccc(OC)c2c1C1CCC2C(O)C1. The third-order valence-corrected chi connectivity index (χ3v) is 4.24. The lowest BCUT2D eigenvalue weighted by Crippen LogP contribution is -2.34. The van der Waals surface area contributed by atoms with Crippen LogP contribution in [0.1, 0.15) is 42.2 Å². The first-order valence-electron chi connectivity index (χ1n) is 6.19. The van der Waals surface area contributed by atoms with Crippen LogP contribution in [0.5, 0.6) is 11.5 Å². The lowest BCUT2D eigenvalue weighted by atomic mass is 9.65. The van der Waals surface area contributed by atoms with Gasteiger partial charge in [0.25, 0.3) is 0 Å². The molecule has 3 nitrogen and oxygen atoms in total. The summed E-state index contributed by atoms with van der Waals surface area (Å²) in [6.45, 7) is 0. The van der Waals surface area contributed by atoms with Gasteiger partial charge in [-0.1, -0.05) is 0 Å². The number of hydrogen-bond acceptors (Lipinski definition) is 3. The van der Waals surface area contributed by atoms with E-state index in [0.29, 0.717) is 5.92 Å². The van der Waals surface area contributed by atoms with Crippen molar-refractivity contribution in [1.82, 2.24) is 0 Å². The number of rotatable bonds is 2. The molecule has 0 saturated heterocycles. The van der Waals surface area contributed by atoms with E-state index in [1.54, 1.807) is 14.2 Å². The van der Waals surface area contributed by atoms with Gasteiger partial charge in [0.15, 0.2) is 0 Å². The predicted molar refractivity (Wildman–Crippen MR) is 64.9 cm³/mol. The molecule has 3 aliphatic rings. The van der Waals surface area contributed by atoms with E-state index >= 15 is 0 Å². The third-order valence-electron chi connectivity index (χ3n) is 4.24. The van der Waals surface area contributed by atoms with E-state index in [2.05, 4.69) is 0 Å². The maximum atomic E-state index is 10.1. The van der Waals surface area contributed by atoms with Crippen molar-refractivity contribution in [3.05, 3.63) is 23.3 Å². The Bertz CT molecular complexity index is 441. The minimum Gasteiger partial charge on any atom is -0.496 e. The van der Waals surface area contributed by atoms with Crippen molar-refractivity contribution in [3.8, 4) is 11.5 Å². The molecule has 0 radical (unpaired) electrons. The second kappa shape index (κ2) is 3.91. The van der Waals surface area contributed by atoms with Gasteiger partial charge in [0.2, 0.25) is 0 Å². The first kappa shape index (κ1) is 10.9. The van der Waals surface area contributed by atoms with Gasteiger partial charge < -0.3 is 14.6 Å². The minimum absolute atomic E-state index is 0.220. The molecule has 2 bridgehead atoms. The molecule has 1 aromatic rings. The van der Waals surface area contributed by atoms with Crippen molar-refractivity contribution >= 4 is 0 Å². The number of benzene rings is 1. The molecular weight excluding hydrogens is 216 g/mol. The molecule has 4 rings (SSSR count). The molecule has 3 aliphatic carbocycles. The number of hydrogen-bond donors (Lipinski definition) is 1. The summed E-state index contributed by atoms with van der Waals surface area (Å²) in [5, 5.41) is 10.1. The lowest BCUT2D eigenvalue weighted by Gasteiger charge is -2.42. The predicted octanol–water partition coefficient (Wildman–Crippen LogP) is 2.43. The Morgan fingerprint density at radius 3 is 2.29 bits per heavy atom. The van der Waals surface area contributed by atoms with Gasteiger partial charge in [0.05, 0.1) is 20.3 Å². The highest BCUT2D eigenvalue weighted by molar-refractivity contribution is 5.55. The monoisotopic (exact) mass is 234 g/mol. The van der Waals surface area contributed by atoms with E-state index in [4.69, 9.17) is 9.47 Å². The normalized spacial score (nSPS) is 29.9. The molecule has 3 atom stereocenters. The summed E-state index contributed by atoms with van der Waals surface area (Å²) in [5.74, 6) is 2.49. The van der Waals surface area contributed by atoms with Crippen molar-refractivity contribution in [2.75, 3.05) is 14.2 Å². The summed E-state index contributed by atoms with van der Waals surface area (Å²) < 4.78 is 10.9. The average Bonchev–Trinajstić information content (AvgIpc) is 2.37. The molecule has 17 heavy (non-hydrogen) atoms. The topological polar surface area (TPSA) is 38.7 Å². The number of methoxy groups -OCH3 is 2. The second-order valence-electron chi connectivity index (χ2n) is 4.98. The molecule has 0 amide bonds. The van der Waals surface area contributed by atoms with Gasteiger partial charge >= 0.3 is 0 Å². The number of fused-ring (bicyclic) bond motifs is 2. The van der Waals surface area contributed by atoms with Crippen LogP contribution in [0.15, 0.2) is 12.1 Å². The van der Waals surface area contributed by atoms with Crippen molar-refractivity contribution in [2.45, 2.75) is 37.2 Å². The molecule has 0 aromatic heterocycles. The zero-order chi connectivity index (χ0) is 12.0. The van der Waals surface area contributed by atoms with Crippen LogP contribution in [-0.2, 0) is 0 Å². The Balaban J connectivity index is 2.22. The number of aliphatic hydroxyl groups excluding tert-OH is 1. The molecular formula is C14H18O3. The van der Waals surface area contributed by atoms with Gasteiger partial charge in [-0.15, -0.1) is 0 Å². The quantitative estimate of drug-likeness (QED) is 0.854. The van der Waals surface area contributed by atoms with E-state index in [1.807, 2.05) is 12.1 Å². The summed E-state index contributed by atoms with van der Waals surface area (Å²) in [6, 6.07) is 3.93. The molecule has 92 valence electrons. The molecule has 1 fully saturated rings. The first-order valence-corrected chi connectivity index (χ1v) is 6.19. The Kier molecular flexibility index (Phi) is 2.51. The molecule has 1 N–H and O–H groups in total. The zero-order valence-electron chi connectivity index (χ0n) is 10.3. The van der Waals surface area contributed by atoms with E-state index in [-0.39, 0.29) is 12.0 Å². The summed E-state index contributed by atoms with van der Waals surface area (Å²) in [6.07, 6.45) is 2.85. The molecule has 3 heteroatoms. The highest BCUT2D eigenvalue weighted by atomic mass is 16.5. The van der Waals surface area contributed by atoms with Crippen LogP contribution in [0.25, 0.3) is 0 Å². The Hall–Kier alpha value is -1.22. The number of aliphatic hydroxyl groups is 1. The van der Waals surface area contributed by atoms with Crippen LogP contribution in [0, 0.1) is 0 Å². The van der Waals surface area contributed by atoms with Gasteiger partial charge in [0, 0.05) is 17.0 Å². The molecule has 3 unspecified atom stereocenters.